The van der Waals surface area contributed by atoms with Gasteiger partial charge in [0.15, 0.2) is 11.6 Å². The van der Waals surface area contributed by atoms with Gasteiger partial charge < -0.3 is 4.74 Å². The van der Waals surface area contributed by atoms with Crippen LogP contribution in [-0.2, 0) is 9.53 Å². The van der Waals surface area contributed by atoms with E-state index in [0.717, 1.165) is 16.5 Å². The van der Waals surface area contributed by atoms with Gasteiger partial charge >= 0.3 is 5.97 Å². The summed E-state index contributed by atoms with van der Waals surface area (Å²) >= 11 is 0. The molecule has 3 aromatic rings. The van der Waals surface area contributed by atoms with Crippen LogP contribution in [0.15, 0.2) is 53.9 Å². The van der Waals surface area contributed by atoms with E-state index in [2.05, 4.69) is 25.5 Å². The predicted molar refractivity (Wildman–Crippen MR) is 101 cm³/mol. The molecule has 0 fully saturated rings. The van der Waals surface area contributed by atoms with Gasteiger partial charge in [0.2, 0.25) is 0 Å². The SMILES string of the molecule is CCOC(=O)C/C(C)=N/Nc1nc(-c2ccncc2)nc2ccccc12. The molecule has 0 unspecified atom stereocenters. The molecule has 0 radical (unpaired) electrons. The Hall–Kier alpha value is -3.35. The van der Waals surface area contributed by atoms with E-state index in [1.54, 1.807) is 26.2 Å². The van der Waals surface area contributed by atoms with Gasteiger partial charge in [0.25, 0.3) is 0 Å². The number of carbonyl (C=O) groups excluding carboxylic acids is 1. The van der Waals surface area contributed by atoms with Crippen molar-refractivity contribution in [3.8, 4) is 11.4 Å². The van der Waals surface area contributed by atoms with E-state index in [1.807, 2.05) is 36.4 Å². The standard InChI is InChI=1S/C19H19N5O2/c1-3-26-17(25)12-13(2)23-24-19-15-6-4-5-7-16(15)21-18(22-19)14-8-10-20-11-9-14/h4-11H,3,12H2,1-2H3,(H,21,22,24)/b23-13+. The Bertz CT molecular complexity index is 941. The smallest absolute Gasteiger partial charge is 0.311 e. The zero-order valence-corrected chi connectivity index (χ0v) is 14.6. The van der Waals surface area contributed by atoms with Gasteiger partial charge in [0.1, 0.15) is 0 Å². The third kappa shape index (κ3) is 4.18. The lowest BCUT2D eigenvalue weighted by Crippen LogP contribution is -2.10. The fourth-order valence-electron chi connectivity index (χ4n) is 2.40. The highest BCUT2D eigenvalue weighted by molar-refractivity contribution is 5.98. The minimum Gasteiger partial charge on any atom is -0.466 e. The van der Waals surface area contributed by atoms with Crippen LogP contribution in [0.5, 0.6) is 0 Å². The van der Waals surface area contributed by atoms with Crippen molar-refractivity contribution in [1.82, 2.24) is 15.0 Å². The summed E-state index contributed by atoms with van der Waals surface area (Å²) < 4.78 is 4.93. The number of pyridine rings is 1. The van der Waals surface area contributed by atoms with Crippen molar-refractivity contribution in [2.75, 3.05) is 12.0 Å². The first-order chi connectivity index (χ1) is 12.7. The number of para-hydroxylation sites is 1. The highest BCUT2D eigenvalue weighted by Gasteiger charge is 2.09. The fraction of sp³-hybridized carbons (Fsp3) is 0.211. The predicted octanol–water partition coefficient (Wildman–Crippen LogP) is 3.43. The number of esters is 1. The van der Waals surface area contributed by atoms with Crippen LogP contribution >= 0.6 is 0 Å². The maximum Gasteiger partial charge on any atom is 0.311 e. The number of hydrogen-bond acceptors (Lipinski definition) is 7. The Labute approximate surface area is 151 Å². The molecule has 0 aliphatic heterocycles. The highest BCUT2D eigenvalue weighted by Crippen LogP contribution is 2.24. The Balaban J connectivity index is 1.93. The number of rotatable bonds is 6. The maximum absolute atomic E-state index is 11.6. The molecule has 0 atom stereocenters. The van der Waals surface area contributed by atoms with Crippen molar-refractivity contribution in [1.29, 1.82) is 0 Å². The molecule has 132 valence electrons. The number of ether oxygens (including phenoxy) is 1. The molecule has 0 aliphatic rings. The van der Waals surface area contributed by atoms with Crippen LogP contribution in [0.4, 0.5) is 5.82 Å². The second-order valence-electron chi connectivity index (χ2n) is 5.59. The highest BCUT2D eigenvalue weighted by atomic mass is 16.5. The summed E-state index contributed by atoms with van der Waals surface area (Å²) in [5, 5.41) is 5.11. The molecule has 0 aliphatic carbocycles. The van der Waals surface area contributed by atoms with Gasteiger partial charge in [0, 0.05) is 29.1 Å². The summed E-state index contributed by atoms with van der Waals surface area (Å²) in [4.78, 5) is 24.8. The Morgan fingerprint density at radius 2 is 1.92 bits per heavy atom. The number of nitrogens with zero attached hydrogens (tertiary/aromatic N) is 4. The summed E-state index contributed by atoms with van der Waals surface area (Å²) in [6, 6.07) is 11.4. The molecule has 0 spiro atoms. The lowest BCUT2D eigenvalue weighted by atomic mass is 10.2. The maximum atomic E-state index is 11.6. The minimum absolute atomic E-state index is 0.126. The number of nitrogens with one attached hydrogen (secondary N) is 1. The van der Waals surface area contributed by atoms with Gasteiger partial charge in [-0.15, -0.1) is 0 Å². The number of hydrazone groups is 1. The van der Waals surface area contributed by atoms with E-state index in [1.165, 1.54) is 0 Å². The molecule has 0 bridgehead atoms. The van der Waals surface area contributed by atoms with E-state index < -0.39 is 0 Å². The number of carbonyl (C=O) groups is 1. The van der Waals surface area contributed by atoms with E-state index >= 15 is 0 Å². The first-order valence-corrected chi connectivity index (χ1v) is 8.29. The van der Waals surface area contributed by atoms with Crippen LogP contribution in [0.1, 0.15) is 20.3 Å². The van der Waals surface area contributed by atoms with E-state index in [4.69, 9.17) is 4.74 Å². The lowest BCUT2D eigenvalue weighted by Gasteiger charge is -2.09. The van der Waals surface area contributed by atoms with Crippen molar-refractivity contribution in [3.63, 3.8) is 0 Å². The monoisotopic (exact) mass is 349 g/mol. The normalized spacial score (nSPS) is 11.4. The summed E-state index contributed by atoms with van der Waals surface area (Å²) in [6.07, 6.45) is 3.52. The van der Waals surface area contributed by atoms with Crippen LogP contribution in [-0.4, -0.2) is 33.2 Å². The molecule has 7 heteroatoms. The minimum atomic E-state index is -0.305. The molecule has 7 nitrogen and oxygen atoms in total. The van der Waals surface area contributed by atoms with Gasteiger partial charge in [-0.2, -0.15) is 5.10 Å². The molecule has 0 saturated carbocycles. The number of hydrogen-bond donors (Lipinski definition) is 1. The summed E-state index contributed by atoms with van der Waals surface area (Å²) in [6.45, 7) is 3.89. The van der Waals surface area contributed by atoms with Gasteiger partial charge in [-0.25, -0.2) is 9.97 Å². The van der Waals surface area contributed by atoms with Crippen LogP contribution in [0.25, 0.3) is 22.3 Å². The van der Waals surface area contributed by atoms with Crippen molar-refractivity contribution in [3.05, 3.63) is 48.8 Å². The fourth-order valence-corrected chi connectivity index (χ4v) is 2.40. The van der Waals surface area contributed by atoms with Gasteiger partial charge in [-0.1, -0.05) is 12.1 Å². The zero-order chi connectivity index (χ0) is 18.4. The van der Waals surface area contributed by atoms with Crippen molar-refractivity contribution in [2.24, 2.45) is 5.10 Å². The van der Waals surface area contributed by atoms with Crippen LogP contribution in [0.3, 0.4) is 0 Å². The van der Waals surface area contributed by atoms with Gasteiger partial charge in [0.05, 0.1) is 18.5 Å². The number of fused-ring (bicyclic) bond motifs is 1. The molecule has 0 amide bonds. The van der Waals surface area contributed by atoms with Crippen LogP contribution in [0, 0.1) is 0 Å². The first kappa shape index (κ1) is 17.5. The quantitative estimate of drug-likeness (QED) is 0.417. The van der Waals surface area contributed by atoms with Crippen LogP contribution < -0.4 is 5.43 Å². The third-order valence-electron chi connectivity index (χ3n) is 3.60. The van der Waals surface area contributed by atoms with E-state index in [-0.39, 0.29) is 12.4 Å². The largest absolute Gasteiger partial charge is 0.466 e. The Kier molecular flexibility index (Phi) is 5.48. The molecule has 0 saturated heterocycles. The van der Waals surface area contributed by atoms with Crippen molar-refractivity contribution < 1.29 is 9.53 Å². The molecule has 1 aromatic carbocycles. The molecule has 3 rings (SSSR count). The van der Waals surface area contributed by atoms with Gasteiger partial charge in [-0.05, 0) is 38.1 Å². The summed E-state index contributed by atoms with van der Waals surface area (Å²) in [5.74, 6) is 0.845. The second-order valence-corrected chi connectivity index (χ2v) is 5.59. The van der Waals surface area contributed by atoms with Crippen molar-refractivity contribution >= 4 is 28.4 Å². The molecule has 2 aromatic heterocycles. The Morgan fingerprint density at radius 1 is 1.15 bits per heavy atom. The summed E-state index contributed by atoms with van der Waals surface area (Å²) in [5.41, 5.74) is 5.23. The summed E-state index contributed by atoms with van der Waals surface area (Å²) in [7, 11) is 0. The topological polar surface area (TPSA) is 89.4 Å². The molecule has 26 heavy (non-hydrogen) atoms. The average molecular weight is 349 g/mol. The third-order valence-corrected chi connectivity index (χ3v) is 3.60. The van der Waals surface area contributed by atoms with E-state index in [9.17, 15) is 4.79 Å². The average Bonchev–Trinajstić information content (AvgIpc) is 2.66. The first-order valence-electron chi connectivity index (χ1n) is 8.29. The number of benzene rings is 1. The van der Waals surface area contributed by atoms with Crippen LogP contribution in [0.2, 0.25) is 0 Å². The number of anilines is 1. The molecular weight excluding hydrogens is 330 g/mol. The molecule has 2 heterocycles. The molecule has 1 N–H and O–H groups in total. The van der Waals surface area contributed by atoms with Crippen molar-refractivity contribution in [2.45, 2.75) is 20.3 Å². The van der Waals surface area contributed by atoms with E-state index in [0.29, 0.717) is 24.0 Å². The lowest BCUT2D eigenvalue weighted by molar-refractivity contribution is -0.141. The van der Waals surface area contributed by atoms with Gasteiger partial charge in [-0.3, -0.25) is 15.2 Å². The Morgan fingerprint density at radius 3 is 2.69 bits per heavy atom. The zero-order valence-electron chi connectivity index (χ0n) is 14.6. The second kappa shape index (κ2) is 8.15. The number of aromatic nitrogens is 3. The molecular formula is C19H19N5O2.